The van der Waals surface area contributed by atoms with E-state index in [9.17, 15) is 22.8 Å². The lowest BCUT2D eigenvalue weighted by Gasteiger charge is -2.31. The van der Waals surface area contributed by atoms with Crippen LogP contribution in [-0.2, 0) is 4.79 Å². The smallest absolute Gasteiger partial charge is 0.253 e. The van der Waals surface area contributed by atoms with Crippen LogP contribution in [0.4, 0.5) is 18.9 Å². The highest BCUT2D eigenvalue weighted by Crippen LogP contribution is 2.23. The van der Waals surface area contributed by atoms with E-state index in [0.29, 0.717) is 31.5 Å². The summed E-state index contributed by atoms with van der Waals surface area (Å²) >= 11 is 0. The Balaban J connectivity index is 1.58. The molecular weight excluding hydrogens is 345 g/mol. The van der Waals surface area contributed by atoms with Crippen molar-refractivity contribution in [3.63, 3.8) is 0 Å². The molecular formula is C19H17F3N2O2. The third kappa shape index (κ3) is 3.87. The summed E-state index contributed by atoms with van der Waals surface area (Å²) in [6.07, 6.45) is 0.768. The van der Waals surface area contributed by atoms with Gasteiger partial charge in [-0.1, -0.05) is 6.07 Å². The minimum atomic E-state index is -0.831. The molecule has 2 aromatic carbocycles. The first-order chi connectivity index (χ1) is 12.5. The molecule has 26 heavy (non-hydrogen) atoms. The van der Waals surface area contributed by atoms with Crippen molar-refractivity contribution >= 4 is 17.5 Å². The van der Waals surface area contributed by atoms with Crippen LogP contribution in [0.5, 0.6) is 0 Å². The molecule has 1 aliphatic rings. The highest BCUT2D eigenvalue weighted by Gasteiger charge is 2.28. The Morgan fingerprint density at radius 3 is 2.08 bits per heavy atom. The Morgan fingerprint density at radius 1 is 0.923 bits per heavy atom. The summed E-state index contributed by atoms with van der Waals surface area (Å²) in [4.78, 5) is 26.2. The lowest BCUT2D eigenvalue weighted by molar-refractivity contribution is -0.121. The predicted molar refractivity (Wildman–Crippen MR) is 90.0 cm³/mol. The Kier molecular flexibility index (Phi) is 5.25. The van der Waals surface area contributed by atoms with Crippen molar-refractivity contribution in [1.29, 1.82) is 0 Å². The largest absolute Gasteiger partial charge is 0.339 e. The van der Waals surface area contributed by atoms with Gasteiger partial charge in [-0.05, 0) is 49.2 Å². The molecule has 4 nitrogen and oxygen atoms in total. The summed E-state index contributed by atoms with van der Waals surface area (Å²) in [5.41, 5.74) is -0.0787. The molecule has 0 radical (unpaired) electrons. The Hall–Kier alpha value is -2.83. The summed E-state index contributed by atoms with van der Waals surface area (Å²) in [7, 11) is 0. The second kappa shape index (κ2) is 7.59. The molecule has 1 fully saturated rings. The summed E-state index contributed by atoms with van der Waals surface area (Å²) < 4.78 is 40.2. The number of nitrogens with zero attached hydrogens (tertiary/aromatic N) is 1. The third-order valence-electron chi connectivity index (χ3n) is 4.46. The molecule has 0 atom stereocenters. The maximum atomic E-state index is 13.6. The molecule has 136 valence electrons. The van der Waals surface area contributed by atoms with E-state index in [4.69, 9.17) is 0 Å². The van der Waals surface area contributed by atoms with E-state index in [2.05, 4.69) is 5.32 Å². The van der Waals surface area contributed by atoms with E-state index in [0.717, 1.165) is 12.1 Å². The fourth-order valence-corrected chi connectivity index (χ4v) is 2.96. The SMILES string of the molecule is O=C(Nc1c(F)cccc1F)C1CCN(C(=O)c2ccc(F)cc2)CC1. The van der Waals surface area contributed by atoms with Crippen LogP contribution in [0.1, 0.15) is 23.2 Å². The van der Waals surface area contributed by atoms with E-state index in [1.54, 1.807) is 4.90 Å². The lowest BCUT2D eigenvalue weighted by Crippen LogP contribution is -2.41. The summed E-state index contributed by atoms with van der Waals surface area (Å²) in [5, 5.41) is 2.30. The Morgan fingerprint density at radius 2 is 1.50 bits per heavy atom. The number of hydrogen-bond donors (Lipinski definition) is 1. The van der Waals surface area contributed by atoms with Crippen molar-refractivity contribution in [2.75, 3.05) is 18.4 Å². The van der Waals surface area contributed by atoms with E-state index >= 15 is 0 Å². The topological polar surface area (TPSA) is 49.4 Å². The van der Waals surface area contributed by atoms with Gasteiger partial charge >= 0.3 is 0 Å². The number of anilines is 1. The molecule has 1 heterocycles. The zero-order valence-corrected chi connectivity index (χ0v) is 13.8. The van der Waals surface area contributed by atoms with Crippen LogP contribution in [0.25, 0.3) is 0 Å². The van der Waals surface area contributed by atoms with Gasteiger partial charge in [0.25, 0.3) is 5.91 Å². The van der Waals surface area contributed by atoms with Crippen LogP contribution in [0.3, 0.4) is 0 Å². The number of rotatable bonds is 3. The molecule has 0 aliphatic carbocycles. The second-order valence-electron chi connectivity index (χ2n) is 6.16. The van der Waals surface area contributed by atoms with Crippen molar-refractivity contribution in [2.45, 2.75) is 12.8 Å². The number of halogens is 3. The molecule has 0 unspecified atom stereocenters. The fourth-order valence-electron chi connectivity index (χ4n) is 2.96. The zero-order valence-electron chi connectivity index (χ0n) is 13.8. The maximum absolute atomic E-state index is 13.6. The minimum Gasteiger partial charge on any atom is -0.339 e. The van der Waals surface area contributed by atoms with Crippen molar-refractivity contribution in [1.82, 2.24) is 4.90 Å². The average molecular weight is 362 g/mol. The Bertz CT molecular complexity index is 796. The quantitative estimate of drug-likeness (QED) is 0.907. The number of carbonyl (C=O) groups is 2. The van der Waals surface area contributed by atoms with Gasteiger partial charge in [-0.2, -0.15) is 0 Å². The number of piperidine rings is 1. The second-order valence-corrected chi connectivity index (χ2v) is 6.16. The lowest BCUT2D eigenvalue weighted by atomic mass is 9.95. The summed E-state index contributed by atoms with van der Waals surface area (Å²) in [6.45, 7) is 0.683. The zero-order chi connectivity index (χ0) is 18.7. The van der Waals surface area contributed by atoms with Crippen LogP contribution < -0.4 is 5.32 Å². The number of nitrogens with one attached hydrogen (secondary N) is 1. The van der Waals surface area contributed by atoms with Crippen LogP contribution in [-0.4, -0.2) is 29.8 Å². The average Bonchev–Trinajstić information content (AvgIpc) is 2.65. The first kappa shape index (κ1) is 18.0. The van der Waals surface area contributed by atoms with Crippen LogP contribution in [0.2, 0.25) is 0 Å². The number of amides is 2. The molecule has 7 heteroatoms. The van der Waals surface area contributed by atoms with Gasteiger partial charge in [0, 0.05) is 24.6 Å². The van der Waals surface area contributed by atoms with Crippen molar-refractivity contribution in [3.05, 3.63) is 65.5 Å². The monoisotopic (exact) mass is 362 g/mol. The first-order valence-electron chi connectivity index (χ1n) is 8.25. The van der Waals surface area contributed by atoms with Crippen molar-refractivity contribution in [2.24, 2.45) is 5.92 Å². The van der Waals surface area contributed by atoms with Crippen molar-refractivity contribution in [3.8, 4) is 0 Å². The first-order valence-corrected chi connectivity index (χ1v) is 8.25. The maximum Gasteiger partial charge on any atom is 0.253 e. The van der Waals surface area contributed by atoms with E-state index in [-0.39, 0.29) is 5.91 Å². The van der Waals surface area contributed by atoms with Crippen LogP contribution in [0, 0.1) is 23.4 Å². The molecule has 3 rings (SSSR count). The molecule has 0 bridgehead atoms. The number of hydrogen-bond acceptors (Lipinski definition) is 2. The normalized spacial score (nSPS) is 15.0. The Labute approximate surface area is 148 Å². The fraction of sp³-hybridized carbons (Fsp3) is 0.263. The van der Waals surface area contributed by atoms with Gasteiger partial charge in [-0.3, -0.25) is 9.59 Å². The molecule has 0 aromatic heterocycles. The minimum absolute atomic E-state index is 0.232. The molecule has 0 spiro atoms. The number of para-hydroxylation sites is 1. The van der Waals surface area contributed by atoms with Gasteiger partial charge < -0.3 is 10.2 Å². The third-order valence-corrected chi connectivity index (χ3v) is 4.46. The highest BCUT2D eigenvalue weighted by atomic mass is 19.1. The highest BCUT2D eigenvalue weighted by molar-refractivity contribution is 5.95. The molecule has 1 aliphatic heterocycles. The number of benzene rings is 2. The standard InChI is InChI=1S/C19H17F3N2O2/c20-14-6-4-13(5-7-14)19(26)24-10-8-12(9-11-24)18(25)23-17-15(21)2-1-3-16(17)22/h1-7,12H,8-11H2,(H,23,25). The van der Waals surface area contributed by atoms with Gasteiger partial charge in [-0.15, -0.1) is 0 Å². The van der Waals surface area contributed by atoms with Gasteiger partial charge in [0.2, 0.25) is 5.91 Å². The molecule has 2 amide bonds. The molecule has 0 saturated carbocycles. The summed E-state index contributed by atoms with van der Waals surface area (Å²) in [5.74, 6) is -3.22. The van der Waals surface area contributed by atoms with E-state index in [1.165, 1.54) is 30.3 Å². The predicted octanol–water partition coefficient (Wildman–Crippen LogP) is 3.59. The molecule has 1 N–H and O–H groups in total. The van der Waals surface area contributed by atoms with Gasteiger partial charge in [0.15, 0.2) is 0 Å². The van der Waals surface area contributed by atoms with Gasteiger partial charge in [-0.25, -0.2) is 13.2 Å². The van der Waals surface area contributed by atoms with Crippen molar-refractivity contribution < 1.29 is 22.8 Å². The number of likely N-dealkylation sites (tertiary alicyclic amines) is 1. The van der Waals surface area contributed by atoms with E-state index in [1.807, 2.05) is 0 Å². The van der Waals surface area contributed by atoms with Gasteiger partial charge in [0.1, 0.15) is 23.1 Å². The van der Waals surface area contributed by atoms with Gasteiger partial charge in [0.05, 0.1) is 0 Å². The van der Waals surface area contributed by atoms with E-state index < -0.39 is 35.0 Å². The van der Waals surface area contributed by atoms with Crippen LogP contribution >= 0.6 is 0 Å². The molecule has 1 saturated heterocycles. The molecule has 2 aromatic rings. The van der Waals surface area contributed by atoms with Crippen LogP contribution in [0.15, 0.2) is 42.5 Å². The summed E-state index contributed by atoms with van der Waals surface area (Å²) in [6, 6.07) is 8.63. The number of carbonyl (C=O) groups excluding carboxylic acids is 2.